The fraction of sp³-hybridized carbons (Fsp3) is 0.562. The summed E-state index contributed by atoms with van der Waals surface area (Å²) in [5.41, 5.74) is -0.0919. The minimum Gasteiger partial charge on any atom is -0.467 e. The summed E-state index contributed by atoms with van der Waals surface area (Å²) in [4.78, 5) is 12.4. The van der Waals surface area contributed by atoms with Gasteiger partial charge in [0.2, 0.25) is 0 Å². The summed E-state index contributed by atoms with van der Waals surface area (Å²) in [6, 6.07) is 9.58. The number of carbonyl (C=O) groups excluding carboxylic acids is 1. The normalized spacial score (nSPS) is 15.4. The Labute approximate surface area is 121 Å². The first-order valence-electron chi connectivity index (χ1n) is 7.11. The Morgan fingerprint density at radius 3 is 2.45 bits per heavy atom. The van der Waals surface area contributed by atoms with Crippen LogP contribution < -0.4 is 5.32 Å². The highest BCUT2D eigenvalue weighted by molar-refractivity contribution is 5.82. The predicted molar refractivity (Wildman–Crippen MR) is 79.5 cm³/mol. The van der Waals surface area contributed by atoms with Gasteiger partial charge in [0.05, 0.1) is 19.8 Å². The van der Waals surface area contributed by atoms with Crippen molar-refractivity contribution >= 4 is 5.97 Å². The molecule has 0 radical (unpaired) electrons. The van der Waals surface area contributed by atoms with Crippen LogP contribution in [0.2, 0.25) is 0 Å². The van der Waals surface area contributed by atoms with Crippen molar-refractivity contribution in [3.63, 3.8) is 0 Å². The van der Waals surface area contributed by atoms with E-state index in [1.54, 1.807) is 0 Å². The van der Waals surface area contributed by atoms with Crippen LogP contribution in [0.15, 0.2) is 30.3 Å². The van der Waals surface area contributed by atoms with Gasteiger partial charge >= 0.3 is 5.97 Å². The molecule has 2 atom stereocenters. The van der Waals surface area contributed by atoms with Gasteiger partial charge in [-0.25, -0.2) is 4.79 Å². The van der Waals surface area contributed by atoms with Crippen LogP contribution in [0, 0.1) is 0 Å². The molecule has 0 saturated carbocycles. The topological polar surface area (TPSA) is 47.6 Å². The lowest BCUT2D eigenvalue weighted by molar-refractivity contribution is -0.153. The summed E-state index contributed by atoms with van der Waals surface area (Å²) in [6.45, 7) is 6.92. The highest BCUT2D eigenvalue weighted by atomic mass is 16.5. The van der Waals surface area contributed by atoms with E-state index in [2.05, 4.69) is 12.2 Å². The predicted octanol–water partition coefficient (Wildman–Crippen LogP) is 2.48. The Morgan fingerprint density at radius 2 is 1.95 bits per heavy atom. The monoisotopic (exact) mass is 279 g/mol. The van der Waals surface area contributed by atoms with Gasteiger partial charge in [0.1, 0.15) is 0 Å². The second-order valence-electron chi connectivity index (χ2n) is 4.82. The first-order chi connectivity index (χ1) is 9.60. The Bertz CT molecular complexity index is 407. The molecule has 0 aliphatic rings. The number of hydrogen-bond donors (Lipinski definition) is 1. The Balaban J connectivity index is 3.11. The van der Waals surface area contributed by atoms with Gasteiger partial charge < -0.3 is 9.47 Å². The summed E-state index contributed by atoms with van der Waals surface area (Å²) >= 11 is 0. The average Bonchev–Trinajstić information content (AvgIpc) is 2.51. The molecule has 1 rings (SSSR count). The van der Waals surface area contributed by atoms with E-state index < -0.39 is 5.54 Å². The fourth-order valence-corrected chi connectivity index (χ4v) is 2.07. The highest BCUT2D eigenvalue weighted by Gasteiger charge is 2.41. The van der Waals surface area contributed by atoms with Crippen LogP contribution >= 0.6 is 0 Å². The van der Waals surface area contributed by atoms with Crippen molar-refractivity contribution in [1.82, 2.24) is 5.32 Å². The number of esters is 1. The zero-order chi connectivity index (χ0) is 15.0. The third-order valence-corrected chi connectivity index (χ3v) is 3.44. The lowest BCUT2D eigenvalue weighted by Gasteiger charge is -2.33. The molecule has 0 saturated heterocycles. The molecule has 1 aromatic rings. The summed E-state index contributed by atoms with van der Waals surface area (Å²) in [5.74, 6) is -0.325. The molecule has 2 unspecified atom stereocenters. The Kier molecular flexibility index (Phi) is 6.68. The largest absolute Gasteiger partial charge is 0.467 e. The molecular weight excluding hydrogens is 254 g/mol. The maximum absolute atomic E-state index is 12.4. The molecule has 0 aliphatic heterocycles. The third kappa shape index (κ3) is 3.81. The number of methoxy groups -OCH3 is 1. The second-order valence-corrected chi connectivity index (χ2v) is 4.82. The van der Waals surface area contributed by atoms with E-state index in [0.29, 0.717) is 6.54 Å². The number of ether oxygens (including phenoxy) is 2. The number of benzene rings is 1. The van der Waals surface area contributed by atoms with E-state index >= 15 is 0 Å². The van der Waals surface area contributed by atoms with Gasteiger partial charge in [0.15, 0.2) is 5.54 Å². The smallest absolute Gasteiger partial charge is 0.333 e. The first-order valence-corrected chi connectivity index (χ1v) is 7.11. The van der Waals surface area contributed by atoms with Gasteiger partial charge in [0.25, 0.3) is 0 Å². The lowest BCUT2D eigenvalue weighted by atomic mass is 9.90. The van der Waals surface area contributed by atoms with E-state index in [1.165, 1.54) is 7.11 Å². The maximum atomic E-state index is 12.4. The van der Waals surface area contributed by atoms with Crippen molar-refractivity contribution in [3.05, 3.63) is 35.9 Å². The van der Waals surface area contributed by atoms with Crippen LogP contribution in [0.5, 0.6) is 0 Å². The summed E-state index contributed by atoms with van der Waals surface area (Å²) in [6.07, 6.45) is 0.999. The van der Waals surface area contributed by atoms with Gasteiger partial charge in [-0.05, 0) is 25.5 Å². The zero-order valence-electron chi connectivity index (χ0n) is 12.8. The van der Waals surface area contributed by atoms with E-state index in [1.807, 2.05) is 44.2 Å². The summed E-state index contributed by atoms with van der Waals surface area (Å²) in [7, 11) is 1.40. The van der Waals surface area contributed by atoms with Crippen LogP contribution in [0.3, 0.4) is 0 Å². The zero-order valence-corrected chi connectivity index (χ0v) is 12.8. The minimum atomic E-state index is -0.950. The van der Waals surface area contributed by atoms with E-state index in [4.69, 9.17) is 9.47 Å². The van der Waals surface area contributed by atoms with Gasteiger partial charge in [0, 0.05) is 0 Å². The number of likely N-dealkylation sites (N-methyl/N-ethyl adjacent to an activating group) is 1. The molecule has 0 heterocycles. The molecule has 4 nitrogen and oxygen atoms in total. The van der Waals surface area contributed by atoms with Crippen LogP contribution in [0.4, 0.5) is 0 Å². The van der Waals surface area contributed by atoms with Crippen LogP contribution in [-0.4, -0.2) is 32.3 Å². The molecule has 4 heteroatoms. The molecule has 0 spiro atoms. The minimum absolute atomic E-state index is 0.0985. The van der Waals surface area contributed by atoms with Crippen molar-refractivity contribution in [2.24, 2.45) is 0 Å². The lowest BCUT2D eigenvalue weighted by Crippen LogP contribution is -2.53. The third-order valence-electron chi connectivity index (χ3n) is 3.44. The number of hydrogen-bond acceptors (Lipinski definition) is 4. The molecule has 112 valence electrons. The standard InChI is InChI=1S/C16H25NO3/c1-5-13(3)20-12-16(17-6-2,15(18)19-4)14-10-8-7-9-11-14/h7-11,13,17H,5-6,12H2,1-4H3. The van der Waals surface area contributed by atoms with Gasteiger partial charge in [-0.1, -0.05) is 44.2 Å². The van der Waals surface area contributed by atoms with Crippen LogP contribution in [0.25, 0.3) is 0 Å². The summed E-state index contributed by atoms with van der Waals surface area (Å²) < 4.78 is 10.8. The first kappa shape index (κ1) is 16.7. The van der Waals surface area contributed by atoms with E-state index in [9.17, 15) is 4.79 Å². The molecular formula is C16H25NO3. The quantitative estimate of drug-likeness (QED) is 0.743. The highest BCUT2D eigenvalue weighted by Crippen LogP contribution is 2.24. The van der Waals surface area contributed by atoms with Crippen LogP contribution in [-0.2, 0) is 19.8 Å². The fourth-order valence-electron chi connectivity index (χ4n) is 2.07. The Hall–Kier alpha value is -1.39. The van der Waals surface area contributed by atoms with Crippen LogP contribution in [0.1, 0.15) is 32.8 Å². The van der Waals surface area contributed by atoms with Gasteiger partial charge in [-0.3, -0.25) is 5.32 Å². The number of rotatable bonds is 8. The van der Waals surface area contributed by atoms with Crippen molar-refractivity contribution in [2.75, 3.05) is 20.3 Å². The average molecular weight is 279 g/mol. The molecule has 0 bridgehead atoms. The SMILES string of the molecule is CCNC(COC(C)CC)(C(=O)OC)c1ccccc1. The molecule has 0 aliphatic carbocycles. The second kappa shape index (κ2) is 8.02. The number of nitrogens with one attached hydrogen (secondary N) is 1. The molecule has 20 heavy (non-hydrogen) atoms. The Morgan fingerprint density at radius 1 is 1.30 bits per heavy atom. The summed E-state index contributed by atoms with van der Waals surface area (Å²) in [5, 5.41) is 3.24. The maximum Gasteiger partial charge on any atom is 0.333 e. The molecule has 1 aromatic carbocycles. The molecule has 0 amide bonds. The molecule has 0 aromatic heterocycles. The molecule has 1 N–H and O–H groups in total. The van der Waals surface area contributed by atoms with Crippen molar-refractivity contribution < 1.29 is 14.3 Å². The van der Waals surface area contributed by atoms with Crippen molar-refractivity contribution in [3.8, 4) is 0 Å². The van der Waals surface area contributed by atoms with Crippen molar-refractivity contribution in [2.45, 2.75) is 38.8 Å². The molecule has 0 fully saturated rings. The van der Waals surface area contributed by atoms with Crippen molar-refractivity contribution in [1.29, 1.82) is 0 Å². The van der Waals surface area contributed by atoms with E-state index in [0.717, 1.165) is 12.0 Å². The number of carbonyl (C=O) groups is 1. The van der Waals surface area contributed by atoms with E-state index in [-0.39, 0.29) is 18.7 Å². The van der Waals surface area contributed by atoms with Gasteiger partial charge in [-0.2, -0.15) is 0 Å². The van der Waals surface area contributed by atoms with Gasteiger partial charge in [-0.15, -0.1) is 0 Å².